The molecule has 2 aliphatic rings. The van der Waals surface area contributed by atoms with E-state index in [1.54, 1.807) is 0 Å². The number of halogens is 3. The molecule has 4 rings (SSSR count). The van der Waals surface area contributed by atoms with Crippen LogP contribution in [0, 0.1) is 28.8 Å². The van der Waals surface area contributed by atoms with Crippen LogP contribution >= 0.6 is 0 Å². The minimum atomic E-state index is -4.06. The van der Waals surface area contributed by atoms with Gasteiger partial charge in [-0.05, 0) is 43.3 Å². The highest BCUT2D eigenvalue weighted by molar-refractivity contribution is 7.89. The second-order valence-corrected chi connectivity index (χ2v) is 10.6. The Morgan fingerprint density at radius 2 is 1.69 bits per heavy atom. The molecule has 2 atom stereocenters. The van der Waals surface area contributed by atoms with Crippen molar-refractivity contribution < 1.29 is 31.1 Å². The van der Waals surface area contributed by atoms with Crippen LogP contribution in [0.15, 0.2) is 41.3 Å². The van der Waals surface area contributed by atoms with Crippen molar-refractivity contribution in [2.45, 2.75) is 23.5 Å². The number of rotatable bonds is 10. The normalized spacial score (nSPS) is 20.7. The lowest BCUT2D eigenvalue weighted by Gasteiger charge is -2.45. The van der Waals surface area contributed by atoms with Gasteiger partial charge >= 0.3 is 0 Å². The largest absolute Gasteiger partial charge is 0.489 e. The van der Waals surface area contributed by atoms with E-state index in [1.165, 1.54) is 12.1 Å². The fraction of sp³-hybridized carbons (Fsp3) is 0.458. The van der Waals surface area contributed by atoms with Crippen LogP contribution in [0.4, 0.5) is 13.2 Å². The van der Waals surface area contributed by atoms with Gasteiger partial charge in [0.2, 0.25) is 10.0 Å². The number of sulfonamides is 1. The van der Waals surface area contributed by atoms with Gasteiger partial charge in [0.15, 0.2) is 11.6 Å². The number of nitriles is 1. The van der Waals surface area contributed by atoms with E-state index in [4.69, 9.17) is 14.7 Å². The van der Waals surface area contributed by atoms with E-state index in [0.29, 0.717) is 58.4 Å². The maximum atomic E-state index is 14.0. The van der Waals surface area contributed by atoms with E-state index in [0.717, 1.165) is 18.2 Å². The van der Waals surface area contributed by atoms with E-state index in [9.17, 15) is 21.6 Å². The minimum Gasteiger partial charge on any atom is -0.489 e. The Bertz CT molecular complexity index is 1210. The number of hydrogen-bond acceptors (Lipinski definition) is 7. The minimum absolute atomic E-state index is 0.00542. The van der Waals surface area contributed by atoms with Gasteiger partial charge in [0.1, 0.15) is 23.1 Å². The number of nitrogens with one attached hydrogen (secondary N) is 1. The molecule has 2 saturated heterocycles. The molecule has 36 heavy (non-hydrogen) atoms. The molecule has 2 aliphatic heterocycles. The maximum Gasteiger partial charge on any atom is 0.243 e. The summed E-state index contributed by atoms with van der Waals surface area (Å²) in [5.74, 6) is -2.41. The summed E-state index contributed by atoms with van der Waals surface area (Å²) in [6.45, 7) is 4.46. The molecule has 1 N–H and O–H groups in total. The summed E-state index contributed by atoms with van der Waals surface area (Å²) >= 11 is 0. The highest BCUT2D eigenvalue weighted by Gasteiger charge is 2.34. The van der Waals surface area contributed by atoms with Gasteiger partial charge in [-0.3, -0.25) is 9.80 Å². The first-order valence-corrected chi connectivity index (χ1v) is 13.1. The molecular formula is C24H27F3N4O4S. The van der Waals surface area contributed by atoms with Crippen LogP contribution in [0.25, 0.3) is 0 Å². The number of ether oxygens (including phenoxy) is 2. The molecule has 2 heterocycles. The standard InChI is InChI=1S/C24H27F3N4O4S/c25-18-3-5-24(22(27)11-18)36(32,33)29-6-1-7-30-13-19-15-31(16-20(14-30)35-19)8-9-34-23-4-2-17(12-28)10-21(23)26/h2-5,10-11,19-20,29H,1,6-9,13-16H2. The second-order valence-electron chi connectivity index (χ2n) is 8.83. The monoisotopic (exact) mass is 524 g/mol. The summed E-state index contributed by atoms with van der Waals surface area (Å²) in [6.07, 6.45) is 0.512. The third kappa shape index (κ3) is 6.74. The molecule has 2 aromatic carbocycles. The Labute approximate surface area is 208 Å². The first kappa shape index (κ1) is 26.4. The molecular weight excluding hydrogens is 497 g/mol. The van der Waals surface area contributed by atoms with Crippen LogP contribution in [0.5, 0.6) is 5.75 Å². The summed E-state index contributed by atoms with van der Waals surface area (Å²) in [5.41, 5.74) is 0.240. The van der Waals surface area contributed by atoms with Crippen molar-refractivity contribution in [3.63, 3.8) is 0 Å². The third-order valence-corrected chi connectivity index (χ3v) is 7.58. The number of morpholine rings is 2. The molecule has 12 heteroatoms. The lowest BCUT2D eigenvalue weighted by atomic mass is 10.1. The van der Waals surface area contributed by atoms with Crippen molar-refractivity contribution in [3.8, 4) is 11.8 Å². The predicted molar refractivity (Wildman–Crippen MR) is 124 cm³/mol. The van der Waals surface area contributed by atoms with Crippen LogP contribution in [0.2, 0.25) is 0 Å². The Morgan fingerprint density at radius 3 is 2.33 bits per heavy atom. The predicted octanol–water partition coefficient (Wildman–Crippen LogP) is 2.11. The zero-order valence-electron chi connectivity index (χ0n) is 19.5. The van der Waals surface area contributed by atoms with Crippen LogP contribution < -0.4 is 9.46 Å². The quantitative estimate of drug-likeness (QED) is 0.476. The van der Waals surface area contributed by atoms with E-state index < -0.39 is 32.4 Å². The zero-order valence-corrected chi connectivity index (χ0v) is 20.3. The van der Waals surface area contributed by atoms with Crippen molar-refractivity contribution in [2.24, 2.45) is 0 Å². The second kappa shape index (κ2) is 11.6. The topological polar surface area (TPSA) is 94.9 Å². The molecule has 2 aromatic rings. The van der Waals surface area contributed by atoms with Gasteiger partial charge in [-0.2, -0.15) is 5.26 Å². The van der Waals surface area contributed by atoms with E-state index in [-0.39, 0.29) is 30.1 Å². The number of nitrogens with zero attached hydrogens (tertiary/aromatic N) is 3. The highest BCUT2D eigenvalue weighted by Crippen LogP contribution is 2.21. The van der Waals surface area contributed by atoms with Crippen LogP contribution in [0.3, 0.4) is 0 Å². The van der Waals surface area contributed by atoms with Gasteiger partial charge in [-0.1, -0.05) is 0 Å². The van der Waals surface area contributed by atoms with Crippen molar-refractivity contribution in [1.82, 2.24) is 14.5 Å². The number of fused-ring (bicyclic) bond motifs is 2. The smallest absolute Gasteiger partial charge is 0.243 e. The van der Waals surface area contributed by atoms with E-state index >= 15 is 0 Å². The summed E-state index contributed by atoms with van der Waals surface area (Å²) in [5, 5.41) is 8.82. The average molecular weight is 525 g/mol. The molecule has 0 spiro atoms. The lowest BCUT2D eigenvalue weighted by Crippen LogP contribution is -2.60. The number of benzene rings is 2. The zero-order chi connectivity index (χ0) is 25.7. The molecule has 8 nitrogen and oxygen atoms in total. The Kier molecular flexibility index (Phi) is 8.48. The fourth-order valence-electron chi connectivity index (χ4n) is 4.48. The Hall–Kier alpha value is -2.69. The van der Waals surface area contributed by atoms with Crippen molar-refractivity contribution in [1.29, 1.82) is 5.26 Å². The third-order valence-electron chi connectivity index (χ3n) is 6.08. The highest BCUT2D eigenvalue weighted by atomic mass is 32.2. The van der Waals surface area contributed by atoms with Gasteiger partial charge in [0.05, 0.1) is 23.8 Å². The summed E-state index contributed by atoms with van der Waals surface area (Å²) < 4.78 is 79.3. The average Bonchev–Trinajstić information content (AvgIpc) is 2.82. The van der Waals surface area contributed by atoms with Gasteiger partial charge in [0.25, 0.3) is 0 Å². The molecule has 2 bridgehead atoms. The van der Waals surface area contributed by atoms with Gasteiger partial charge in [-0.15, -0.1) is 0 Å². The molecule has 2 fully saturated rings. The van der Waals surface area contributed by atoms with Crippen molar-refractivity contribution >= 4 is 10.0 Å². The summed E-state index contributed by atoms with van der Waals surface area (Å²) in [6, 6.07) is 8.36. The molecule has 2 unspecified atom stereocenters. The van der Waals surface area contributed by atoms with Crippen LogP contribution in [0.1, 0.15) is 12.0 Å². The molecule has 0 saturated carbocycles. The van der Waals surface area contributed by atoms with Gasteiger partial charge in [0, 0.05) is 45.3 Å². The van der Waals surface area contributed by atoms with Crippen LogP contribution in [-0.4, -0.2) is 82.8 Å². The summed E-state index contributed by atoms with van der Waals surface area (Å²) in [7, 11) is -4.06. The maximum absolute atomic E-state index is 14.0. The Balaban J connectivity index is 1.17. The van der Waals surface area contributed by atoms with Crippen molar-refractivity contribution in [3.05, 3.63) is 59.4 Å². The van der Waals surface area contributed by atoms with Crippen LogP contribution in [-0.2, 0) is 14.8 Å². The van der Waals surface area contributed by atoms with Gasteiger partial charge < -0.3 is 9.47 Å². The molecule has 0 radical (unpaired) electrons. The molecule has 0 amide bonds. The van der Waals surface area contributed by atoms with Crippen molar-refractivity contribution in [2.75, 3.05) is 52.4 Å². The van der Waals surface area contributed by atoms with E-state index in [1.807, 2.05) is 6.07 Å². The van der Waals surface area contributed by atoms with E-state index in [2.05, 4.69) is 14.5 Å². The SMILES string of the molecule is N#Cc1ccc(OCCN2CC3CN(CCCNS(=O)(=O)c4ccc(F)cc4F)CC(C2)O3)c(F)c1. The number of hydrogen-bond donors (Lipinski definition) is 1. The molecule has 0 aromatic heterocycles. The Morgan fingerprint density at radius 1 is 1.00 bits per heavy atom. The fourth-order valence-corrected chi connectivity index (χ4v) is 5.61. The molecule has 194 valence electrons. The van der Waals surface area contributed by atoms with Gasteiger partial charge in [-0.25, -0.2) is 26.3 Å². The lowest BCUT2D eigenvalue weighted by molar-refractivity contribution is -0.139. The molecule has 0 aliphatic carbocycles. The first-order chi connectivity index (χ1) is 17.2. The first-order valence-electron chi connectivity index (χ1n) is 11.6. The summed E-state index contributed by atoms with van der Waals surface area (Å²) in [4.78, 5) is 3.85.